The highest BCUT2D eigenvalue weighted by molar-refractivity contribution is 6.30. The molecular weight excluding hydrogens is 320 g/mol. The number of rotatable bonds is 10. The van der Waals surface area contributed by atoms with Crippen molar-refractivity contribution in [2.45, 2.75) is 38.8 Å². The number of ether oxygens (including phenoxy) is 1. The van der Waals surface area contributed by atoms with Crippen molar-refractivity contribution in [2.24, 2.45) is 0 Å². The number of carboxylic acid groups (broad SMARTS) is 1. The number of anilines is 1. The van der Waals surface area contributed by atoms with E-state index in [-0.39, 0.29) is 12.5 Å². The van der Waals surface area contributed by atoms with Gasteiger partial charge in [0.1, 0.15) is 6.04 Å². The molecule has 0 saturated heterocycles. The van der Waals surface area contributed by atoms with Crippen LogP contribution < -0.4 is 15.7 Å². The first-order chi connectivity index (χ1) is 10.9. The number of amides is 1. The van der Waals surface area contributed by atoms with Gasteiger partial charge in [0, 0.05) is 17.1 Å². The van der Waals surface area contributed by atoms with Crippen LogP contribution in [0.3, 0.4) is 0 Å². The molecule has 0 radical (unpaired) electrons. The average Bonchev–Trinajstić information content (AvgIpc) is 2.45. The first kappa shape index (κ1) is 19.4. The predicted octanol–water partition coefficient (Wildman–Crippen LogP) is 0.166. The van der Waals surface area contributed by atoms with Crippen molar-refractivity contribution in [1.29, 1.82) is 0 Å². The van der Waals surface area contributed by atoms with E-state index in [1.807, 2.05) is 13.8 Å². The number of carbonyl (C=O) groups is 2. The van der Waals surface area contributed by atoms with Crippen LogP contribution in [-0.2, 0) is 14.3 Å². The molecule has 3 N–H and O–H groups in total. The van der Waals surface area contributed by atoms with Crippen molar-refractivity contribution < 1.29 is 24.7 Å². The minimum absolute atomic E-state index is 0.149. The molecule has 0 spiro atoms. The number of carboxylic acids is 1. The standard InChI is InChI=1S/C16H23ClN2O4/c1-11(2)23-8-4-7-18-14(16(21)22)10-15(20)19-13-6-3-5-12(17)9-13/h3,5-6,9,11,14,18H,4,7-8,10H2,1-2H3,(H,19,20)(H,21,22)/t14-/m1/s1. The Hall–Kier alpha value is -1.63. The second-order valence-corrected chi connectivity index (χ2v) is 5.92. The Morgan fingerprint density at radius 1 is 1.39 bits per heavy atom. The maximum Gasteiger partial charge on any atom is 0.230 e. The van der Waals surface area contributed by atoms with Gasteiger partial charge in [-0.1, -0.05) is 17.7 Å². The molecule has 1 rings (SSSR count). The van der Waals surface area contributed by atoms with Gasteiger partial charge < -0.3 is 25.3 Å². The molecule has 0 bridgehead atoms. The summed E-state index contributed by atoms with van der Waals surface area (Å²) in [6, 6.07) is 5.75. The van der Waals surface area contributed by atoms with Gasteiger partial charge in [-0.25, -0.2) is 0 Å². The Balaban J connectivity index is 2.39. The van der Waals surface area contributed by atoms with Gasteiger partial charge in [0.25, 0.3) is 0 Å². The fourth-order valence-electron chi connectivity index (χ4n) is 1.96. The minimum Gasteiger partial charge on any atom is -0.544 e. The van der Waals surface area contributed by atoms with E-state index in [2.05, 4.69) is 5.32 Å². The number of quaternary nitrogens is 1. The molecule has 0 saturated carbocycles. The summed E-state index contributed by atoms with van der Waals surface area (Å²) in [5.41, 5.74) is 0.532. The largest absolute Gasteiger partial charge is 0.544 e. The van der Waals surface area contributed by atoms with Crippen LogP contribution in [-0.4, -0.2) is 37.2 Å². The molecule has 1 atom stereocenters. The summed E-state index contributed by atoms with van der Waals surface area (Å²) in [7, 11) is 0. The Kier molecular flexibility index (Phi) is 8.61. The summed E-state index contributed by atoms with van der Waals surface area (Å²) < 4.78 is 5.38. The first-order valence-corrected chi connectivity index (χ1v) is 7.97. The van der Waals surface area contributed by atoms with Crippen molar-refractivity contribution in [3.05, 3.63) is 29.3 Å². The van der Waals surface area contributed by atoms with E-state index in [0.29, 0.717) is 30.3 Å². The van der Waals surface area contributed by atoms with Crippen molar-refractivity contribution in [3.63, 3.8) is 0 Å². The summed E-state index contributed by atoms with van der Waals surface area (Å²) in [4.78, 5) is 23.1. The Morgan fingerprint density at radius 3 is 2.74 bits per heavy atom. The lowest BCUT2D eigenvalue weighted by Crippen LogP contribution is -2.93. The van der Waals surface area contributed by atoms with Gasteiger partial charge in [0.15, 0.2) is 0 Å². The van der Waals surface area contributed by atoms with E-state index < -0.39 is 17.9 Å². The molecule has 7 heteroatoms. The van der Waals surface area contributed by atoms with Crippen LogP contribution in [0.1, 0.15) is 26.7 Å². The Bertz CT molecular complexity index is 523. The number of carbonyl (C=O) groups excluding carboxylic acids is 2. The van der Waals surface area contributed by atoms with E-state index >= 15 is 0 Å². The maximum absolute atomic E-state index is 11.9. The second-order valence-electron chi connectivity index (χ2n) is 5.49. The lowest BCUT2D eigenvalue weighted by atomic mass is 10.2. The summed E-state index contributed by atoms with van der Waals surface area (Å²) >= 11 is 5.83. The van der Waals surface area contributed by atoms with Crippen LogP contribution in [0, 0.1) is 0 Å². The third-order valence-electron chi connectivity index (χ3n) is 3.07. The van der Waals surface area contributed by atoms with Crippen LogP contribution in [0.4, 0.5) is 5.69 Å². The number of halogens is 1. The fourth-order valence-corrected chi connectivity index (χ4v) is 2.15. The summed E-state index contributed by atoms with van der Waals surface area (Å²) in [6.07, 6.45) is 0.688. The molecule has 0 aliphatic rings. The molecule has 128 valence electrons. The van der Waals surface area contributed by atoms with E-state index in [1.165, 1.54) is 0 Å². The Morgan fingerprint density at radius 2 is 2.13 bits per heavy atom. The smallest absolute Gasteiger partial charge is 0.230 e. The highest BCUT2D eigenvalue weighted by Crippen LogP contribution is 2.15. The molecule has 23 heavy (non-hydrogen) atoms. The molecule has 0 unspecified atom stereocenters. The molecule has 0 aliphatic heterocycles. The minimum atomic E-state index is -1.25. The van der Waals surface area contributed by atoms with Gasteiger partial charge in [0.05, 0.1) is 31.6 Å². The molecular formula is C16H23ClN2O4. The van der Waals surface area contributed by atoms with Gasteiger partial charge in [-0.2, -0.15) is 0 Å². The average molecular weight is 343 g/mol. The zero-order valence-electron chi connectivity index (χ0n) is 13.4. The molecule has 6 nitrogen and oxygen atoms in total. The topological polar surface area (TPSA) is 95.1 Å². The van der Waals surface area contributed by atoms with Crippen molar-refractivity contribution in [1.82, 2.24) is 0 Å². The highest BCUT2D eigenvalue weighted by atomic mass is 35.5. The Labute approximate surface area is 141 Å². The summed E-state index contributed by atoms with van der Waals surface area (Å²) in [5.74, 6) is -1.65. The number of hydrogen-bond acceptors (Lipinski definition) is 4. The van der Waals surface area contributed by atoms with Crippen LogP contribution in [0.2, 0.25) is 5.02 Å². The number of nitrogens with two attached hydrogens (primary N) is 1. The predicted molar refractivity (Wildman–Crippen MR) is 86.0 cm³/mol. The normalized spacial score (nSPS) is 12.2. The zero-order valence-corrected chi connectivity index (χ0v) is 14.1. The zero-order chi connectivity index (χ0) is 17.2. The first-order valence-electron chi connectivity index (χ1n) is 7.59. The van der Waals surface area contributed by atoms with Crippen LogP contribution in [0.25, 0.3) is 0 Å². The van der Waals surface area contributed by atoms with E-state index in [9.17, 15) is 14.7 Å². The lowest BCUT2D eigenvalue weighted by molar-refractivity contribution is -0.682. The molecule has 0 heterocycles. The molecule has 0 fully saturated rings. The third-order valence-corrected chi connectivity index (χ3v) is 3.30. The van der Waals surface area contributed by atoms with E-state index in [4.69, 9.17) is 16.3 Å². The second kappa shape index (κ2) is 10.2. The summed E-state index contributed by atoms with van der Waals surface area (Å²) in [5, 5.41) is 15.9. The van der Waals surface area contributed by atoms with E-state index in [0.717, 1.165) is 0 Å². The van der Waals surface area contributed by atoms with Gasteiger partial charge in [-0.05, 0) is 32.0 Å². The third kappa shape index (κ3) is 8.54. The lowest BCUT2D eigenvalue weighted by Gasteiger charge is -2.16. The number of benzene rings is 1. The van der Waals surface area contributed by atoms with Crippen LogP contribution >= 0.6 is 11.6 Å². The SMILES string of the molecule is CC(C)OCCC[NH2+][C@H](CC(=O)Nc1cccc(Cl)c1)C(=O)[O-]. The number of nitrogens with one attached hydrogen (secondary N) is 1. The van der Waals surface area contributed by atoms with Gasteiger partial charge >= 0.3 is 0 Å². The molecule has 0 aromatic heterocycles. The van der Waals surface area contributed by atoms with Gasteiger partial charge in [-0.15, -0.1) is 0 Å². The maximum atomic E-state index is 11.9. The monoisotopic (exact) mass is 342 g/mol. The molecule has 0 aliphatic carbocycles. The van der Waals surface area contributed by atoms with Crippen molar-refractivity contribution in [3.8, 4) is 0 Å². The summed E-state index contributed by atoms with van der Waals surface area (Å²) in [6.45, 7) is 4.99. The van der Waals surface area contributed by atoms with Gasteiger partial charge in [-0.3, -0.25) is 4.79 Å². The quantitative estimate of drug-likeness (QED) is 0.592. The molecule has 1 aromatic rings. The fraction of sp³-hybridized carbons (Fsp3) is 0.500. The molecule has 1 aromatic carbocycles. The van der Waals surface area contributed by atoms with Crippen LogP contribution in [0.5, 0.6) is 0 Å². The molecule has 1 amide bonds. The van der Waals surface area contributed by atoms with Gasteiger partial charge in [0.2, 0.25) is 5.91 Å². The van der Waals surface area contributed by atoms with Crippen LogP contribution in [0.15, 0.2) is 24.3 Å². The van der Waals surface area contributed by atoms with Crippen molar-refractivity contribution >= 4 is 29.2 Å². The highest BCUT2D eigenvalue weighted by Gasteiger charge is 2.18. The number of hydrogen-bond donors (Lipinski definition) is 2. The van der Waals surface area contributed by atoms with Crippen molar-refractivity contribution in [2.75, 3.05) is 18.5 Å². The van der Waals surface area contributed by atoms with E-state index in [1.54, 1.807) is 29.6 Å². The number of aliphatic carboxylic acids is 1.